The number of nitrogens with zero attached hydrogens (tertiary/aromatic N) is 4. The lowest BCUT2D eigenvalue weighted by Crippen LogP contribution is -2.12. The van der Waals surface area contributed by atoms with E-state index < -0.39 is 92.7 Å². The topological polar surface area (TPSA) is 43.6 Å². The number of fused-ring (bicyclic) bond motifs is 3. The number of alkyl halides is 18. The van der Waals surface area contributed by atoms with Crippen LogP contribution >= 0.6 is 0 Å². The van der Waals surface area contributed by atoms with Crippen molar-refractivity contribution in [3.05, 3.63) is 228 Å². The highest BCUT2D eigenvalue weighted by Crippen LogP contribution is 2.49. The lowest BCUT2D eigenvalue weighted by molar-refractivity contribution is -0.144. The Bertz CT molecular complexity index is 4080. The third kappa shape index (κ3) is 11.3. The summed E-state index contributed by atoms with van der Waals surface area (Å²) in [7, 11) is 0. The molecule has 11 aromatic rings. The number of benzene rings is 9. The number of halogens is 18. The summed E-state index contributed by atoms with van der Waals surface area (Å²) in [6.07, 6.45) is -31.1. The van der Waals surface area contributed by atoms with Crippen LogP contribution in [0.1, 0.15) is 33.4 Å². The lowest BCUT2D eigenvalue weighted by atomic mass is 9.91. The van der Waals surface area contributed by atoms with Crippen molar-refractivity contribution in [3.8, 4) is 84.4 Å². The van der Waals surface area contributed by atoms with Crippen LogP contribution in [0.4, 0.5) is 79.0 Å². The second-order valence-corrected chi connectivity index (χ2v) is 19.4. The summed E-state index contributed by atoms with van der Waals surface area (Å²) in [4.78, 5) is 14.3. The molecule has 0 unspecified atom stereocenters. The first kappa shape index (κ1) is 57.4. The Morgan fingerprint density at radius 1 is 0.247 bits per heavy atom. The number of aromatic nitrogens is 4. The third-order valence-corrected chi connectivity index (χ3v) is 14.0. The fraction of sp³-hybridized carbons (Fsp3) is 0.0952. The van der Waals surface area contributed by atoms with E-state index in [1.807, 2.05) is 0 Å². The molecule has 2 aromatic heterocycles. The van der Waals surface area contributed by atoms with Crippen LogP contribution in [0.25, 0.3) is 106 Å². The van der Waals surface area contributed by atoms with Crippen molar-refractivity contribution >= 4 is 21.8 Å². The Kier molecular flexibility index (Phi) is 14.0. The quantitative estimate of drug-likeness (QED) is 0.142. The van der Waals surface area contributed by atoms with Gasteiger partial charge in [-0.25, -0.2) is 15.0 Å². The maximum atomic E-state index is 14.9. The predicted octanol–water partition coefficient (Wildman–Crippen LogP) is 20.8. The summed E-state index contributed by atoms with van der Waals surface area (Å²) in [5.41, 5.74) is -10.7. The van der Waals surface area contributed by atoms with E-state index in [1.165, 1.54) is 28.8 Å². The largest absolute Gasteiger partial charge is 0.417 e. The zero-order chi connectivity index (χ0) is 60.8. The third-order valence-electron chi connectivity index (χ3n) is 14.0. The van der Waals surface area contributed by atoms with Gasteiger partial charge in [0.05, 0.1) is 50.1 Å². The van der Waals surface area contributed by atoms with Gasteiger partial charge in [0.2, 0.25) is 0 Å². The molecule has 0 saturated carbocycles. The first-order valence-electron chi connectivity index (χ1n) is 25.0. The Labute approximate surface area is 467 Å². The molecule has 9 aromatic carbocycles. The molecule has 0 spiro atoms. The van der Waals surface area contributed by atoms with Crippen LogP contribution < -0.4 is 0 Å². The Hall–Kier alpha value is -9.47. The van der Waals surface area contributed by atoms with Crippen LogP contribution in [0.2, 0.25) is 0 Å². The maximum absolute atomic E-state index is 14.9. The summed E-state index contributed by atoms with van der Waals surface area (Å²) < 4.78 is 260. The minimum Gasteiger partial charge on any atom is -0.308 e. The van der Waals surface area contributed by atoms with Crippen molar-refractivity contribution in [2.75, 3.05) is 0 Å². The van der Waals surface area contributed by atoms with Crippen LogP contribution in [0.15, 0.2) is 194 Å². The normalized spacial score (nSPS) is 12.8. The molecular formula is C63H32F18N4. The van der Waals surface area contributed by atoms with Gasteiger partial charge >= 0.3 is 37.1 Å². The summed E-state index contributed by atoms with van der Waals surface area (Å²) >= 11 is 0. The molecule has 0 radical (unpaired) electrons. The van der Waals surface area contributed by atoms with Gasteiger partial charge in [-0.15, -0.1) is 0 Å². The monoisotopic (exact) mass is 1190 g/mol. The Morgan fingerprint density at radius 2 is 0.565 bits per heavy atom. The average Bonchev–Trinajstić information content (AvgIpc) is 2.95. The second kappa shape index (κ2) is 20.7. The van der Waals surface area contributed by atoms with Crippen molar-refractivity contribution in [2.24, 2.45) is 0 Å². The number of hydrogen-bond donors (Lipinski definition) is 0. The first-order valence-corrected chi connectivity index (χ1v) is 25.0. The van der Waals surface area contributed by atoms with Gasteiger partial charge in [0.15, 0.2) is 17.5 Å². The predicted molar refractivity (Wildman–Crippen MR) is 282 cm³/mol. The van der Waals surface area contributed by atoms with E-state index >= 15 is 0 Å². The molecule has 0 atom stereocenters. The molecule has 430 valence electrons. The standard InChI is InChI=1S/C63H32F18N4/c64-58(65,66)40-17-11-33(12-18-40)46-29-39(57-83-55(35-7-3-1-4-8-35)82-56(84-57)36-9-5-2-6-10-36)30-47(34-13-19-41(20-14-34)59(67,68)69)54(46)85-52-25-15-37(44-23-21-42(60(70,71)72)31-50(44)62(76,77)78)27-48(52)49-28-38(16-26-53(49)85)45-24-22-43(61(73,74)75)32-51(45)63(79,80)81/h1-32H. The van der Waals surface area contributed by atoms with Crippen LogP contribution in [-0.4, -0.2) is 19.5 Å². The fourth-order valence-electron chi connectivity index (χ4n) is 10.1. The Morgan fingerprint density at radius 3 is 0.894 bits per heavy atom. The molecular weight excluding hydrogens is 1150 g/mol. The number of rotatable bonds is 8. The van der Waals surface area contributed by atoms with Crippen molar-refractivity contribution in [1.29, 1.82) is 0 Å². The molecule has 22 heteroatoms. The maximum Gasteiger partial charge on any atom is 0.417 e. The zero-order valence-electron chi connectivity index (χ0n) is 42.6. The molecule has 4 nitrogen and oxygen atoms in total. The highest BCUT2D eigenvalue weighted by Gasteiger charge is 2.41. The molecule has 0 aliphatic carbocycles. The molecule has 0 amide bonds. The smallest absolute Gasteiger partial charge is 0.308 e. The minimum absolute atomic E-state index is 0.0129. The van der Waals surface area contributed by atoms with Gasteiger partial charge in [-0.1, -0.05) is 109 Å². The average molecular weight is 1190 g/mol. The number of hydrogen-bond acceptors (Lipinski definition) is 3. The van der Waals surface area contributed by atoms with Gasteiger partial charge in [0.1, 0.15) is 0 Å². The zero-order valence-corrected chi connectivity index (χ0v) is 42.6. The lowest BCUT2D eigenvalue weighted by Gasteiger charge is -2.22. The highest BCUT2D eigenvalue weighted by atomic mass is 19.4. The van der Waals surface area contributed by atoms with Crippen LogP contribution in [0.5, 0.6) is 0 Å². The molecule has 0 aliphatic heterocycles. The van der Waals surface area contributed by atoms with Gasteiger partial charge in [-0.2, -0.15) is 79.0 Å². The van der Waals surface area contributed by atoms with Crippen molar-refractivity contribution in [1.82, 2.24) is 19.5 Å². The summed E-state index contributed by atoms with van der Waals surface area (Å²) in [5, 5.41) is -0.303. The van der Waals surface area contributed by atoms with E-state index in [2.05, 4.69) is 0 Å². The van der Waals surface area contributed by atoms with Gasteiger partial charge < -0.3 is 4.57 Å². The van der Waals surface area contributed by atoms with Gasteiger partial charge in [-0.05, 0) is 118 Å². The van der Waals surface area contributed by atoms with E-state index in [0.29, 0.717) is 35.4 Å². The van der Waals surface area contributed by atoms with Gasteiger partial charge in [0.25, 0.3) is 0 Å². The second-order valence-electron chi connectivity index (χ2n) is 19.4. The van der Waals surface area contributed by atoms with E-state index in [1.54, 1.807) is 60.7 Å². The molecule has 0 saturated heterocycles. The molecule has 0 bridgehead atoms. The Balaban J connectivity index is 1.28. The highest BCUT2D eigenvalue weighted by molar-refractivity contribution is 6.13. The molecule has 0 aliphatic rings. The fourth-order valence-corrected chi connectivity index (χ4v) is 10.1. The van der Waals surface area contributed by atoms with E-state index in [-0.39, 0.29) is 84.9 Å². The SMILES string of the molecule is FC(F)(F)c1ccc(-c2cc(-c3nc(-c4ccccc4)nc(-c4ccccc4)n3)cc(-c3ccc(C(F)(F)F)cc3)c2-n2c3ccc(-c4ccc(C(F)(F)F)cc4C(F)(F)F)cc3c3cc(-c4ccc(C(F)(F)F)cc4C(F)(F)F)ccc32)cc1. The van der Waals surface area contributed by atoms with Crippen LogP contribution in [0, 0.1) is 0 Å². The van der Waals surface area contributed by atoms with Gasteiger partial charge in [-0.3, -0.25) is 0 Å². The summed E-state index contributed by atoms with van der Waals surface area (Å²) in [6.45, 7) is 0. The molecule has 0 fully saturated rings. The van der Waals surface area contributed by atoms with E-state index in [0.717, 1.165) is 72.8 Å². The van der Waals surface area contributed by atoms with E-state index in [9.17, 15) is 79.0 Å². The molecule has 85 heavy (non-hydrogen) atoms. The summed E-state index contributed by atoms with van der Waals surface area (Å²) in [5.74, 6) is 0.169. The molecule has 0 N–H and O–H groups in total. The van der Waals surface area contributed by atoms with Crippen LogP contribution in [0.3, 0.4) is 0 Å². The van der Waals surface area contributed by atoms with E-state index in [4.69, 9.17) is 15.0 Å². The van der Waals surface area contributed by atoms with Crippen LogP contribution in [-0.2, 0) is 37.1 Å². The van der Waals surface area contributed by atoms with Crippen molar-refractivity contribution in [2.45, 2.75) is 37.1 Å². The molecule has 2 heterocycles. The molecule has 11 rings (SSSR count). The van der Waals surface area contributed by atoms with Crippen molar-refractivity contribution in [3.63, 3.8) is 0 Å². The van der Waals surface area contributed by atoms with Crippen molar-refractivity contribution < 1.29 is 79.0 Å². The minimum atomic E-state index is -5.43. The first-order chi connectivity index (χ1) is 39.9. The summed E-state index contributed by atoms with van der Waals surface area (Å²) in [6, 6.07) is 35.6. The van der Waals surface area contributed by atoms with Gasteiger partial charge in [0, 0.05) is 38.6 Å².